The van der Waals surface area contributed by atoms with Crippen molar-refractivity contribution in [1.29, 1.82) is 0 Å². The number of fused-ring (bicyclic) bond motifs is 1. The minimum absolute atomic E-state index is 0.289. The normalized spacial score (nSPS) is 10.9. The lowest BCUT2D eigenvalue weighted by molar-refractivity contribution is 0.0515. The number of hydrogen-bond donors (Lipinski definition) is 0. The van der Waals surface area contributed by atoms with Crippen molar-refractivity contribution in [2.45, 2.75) is 20.4 Å². The number of nitrogens with zero attached hydrogens (tertiary/aromatic N) is 2. The Morgan fingerprint density at radius 2 is 2.09 bits per heavy atom. The van der Waals surface area contributed by atoms with Gasteiger partial charge in [0.1, 0.15) is 11.5 Å². The fourth-order valence-electron chi connectivity index (χ4n) is 2.63. The molecule has 1 aromatic carbocycles. The van der Waals surface area contributed by atoms with E-state index in [1.807, 2.05) is 23.6 Å². The van der Waals surface area contributed by atoms with Crippen LogP contribution < -0.4 is 0 Å². The van der Waals surface area contributed by atoms with Crippen molar-refractivity contribution in [3.63, 3.8) is 0 Å². The van der Waals surface area contributed by atoms with E-state index in [0.29, 0.717) is 17.6 Å². The molecule has 5 heteroatoms. The summed E-state index contributed by atoms with van der Waals surface area (Å²) < 4.78 is 20.4. The van der Waals surface area contributed by atoms with E-state index in [1.165, 1.54) is 12.1 Å². The zero-order valence-corrected chi connectivity index (χ0v) is 13.0. The summed E-state index contributed by atoms with van der Waals surface area (Å²) in [5.41, 5.74) is 3.10. The Kier molecular flexibility index (Phi) is 4.10. The lowest BCUT2D eigenvalue weighted by atomic mass is 10.2. The van der Waals surface area contributed by atoms with Crippen LogP contribution >= 0.6 is 0 Å². The highest BCUT2D eigenvalue weighted by Crippen LogP contribution is 2.23. The van der Waals surface area contributed by atoms with E-state index in [9.17, 15) is 9.18 Å². The van der Waals surface area contributed by atoms with Gasteiger partial charge in [-0.3, -0.25) is 4.98 Å². The number of benzene rings is 1. The first-order valence-corrected chi connectivity index (χ1v) is 7.46. The van der Waals surface area contributed by atoms with Gasteiger partial charge in [-0.1, -0.05) is 0 Å². The molecule has 2 heterocycles. The predicted octanol–water partition coefficient (Wildman–Crippen LogP) is 3.71. The monoisotopic (exact) mass is 312 g/mol. The quantitative estimate of drug-likeness (QED) is 0.690. The Labute approximate surface area is 133 Å². The van der Waals surface area contributed by atoms with Gasteiger partial charge in [-0.2, -0.15) is 0 Å². The van der Waals surface area contributed by atoms with Gasteiger partial charge in [-0.25, -0.2) is 9.18 Å². The van der Waals surface area contributed by atoms with Crippen molar-refractivity contribution in [1.82, 2.24) is 9.55 Å². The lowest BCUT2D eigenvalue weighted by Crippen LogP contribution is -2.13. The second kappa shape index (κ2) is 6.20. The van der Waals surface area contributed by atoms with Gasteiger partial charge in [0, 0.05) is 17.1 Å². The molecular weight excluding hydrogens is 295 g/mol. The largest absolute Gasteiger partial charge is 0.461 e. The number of pyridine rings is 1. The van der Waals surface area contributed by atoms with Crippen molar-refractivity contribution in [2.24, 2.45) is 0 Å². The molecule has 3 aromatic rings. The molecule has 0 N–H and O–H groups in total. The highest BCUT2D eigenvalue weighted by Gasteiger charge is 2.17. The van der Waals surface area contributed by atoms with Gasteiger partial charge in [-0.05, 0) is 55.8 Å². The number of halogens is 1. The van der Waals surface area contributed by atoms with Crippen LogP contribution in [-0.4, -0.2) is 22.1 Å². The lowest BCUT2D eigenvalue weighted by Gasteiger charge is -2.10. The second-order valence-corrected chi connectivity index (χ2v) is 5.36. The summed E-state index contributed by atoms with van der Waals surface area (Å²) >= 11 is 0. The third kappa shape index (κ3) is 3.08. The molecule has 0 aliphatic carbocycles. The molecular formula is C18H17FN2O2. The van der Waals surface area contributed by atoms with Crippen LogP contribution in [0, 0.1) is 12.7 Å². The van der Waals surface area contributed by atoms with Crippen molar-refractivity contribution in [3.05, 3.63) is 65.4 Å². The third-order valence-electron chi connectivity index (χ3n) is 3.64. The van der Waals surface area contributed by atoms with Crippen molar-refractivity contribution in [2.75, 3.05) is 6.61 Å². The number of ether oxygens (including phenoxy) is 1. The maximum absolute atomic E-state index is 13.5. The Morgan fingerprint density at radius 1 is 1.26 bits per heavy atom. The molecule has 2 aromatic heterocycles. The van der Waals surface area contributed by atoms with E-state index < -0.39 is 5.97 Å². The summed E-state index contributed by atoms with van der Waals surface area (Å²) in [7, 11) is 0. The molecule has 0 spiro atoms. The number of hydrogen-bond acceptors (Lipinski definition) is 3. The molecule has 0 unspecified atom stereocenters. The summed E-state index contributed by atoms with van der Waals surface area (Å²) in [5.74, 6) is -0.754. The van der Waals surface area contributed by atoms with E-state index in [0.717, 1.165) is 16.8 Å². The summed E-state index contributed by atoms with van der Waals surface area (Å²) in [5, 5.41) is 0.667. The van der Waals surface area contributed by atoms with Gasteiger partial charge >= 0.3 is 5.97 Å². The Bertz CT molecular complexity index is 871. The van der Waals surface area contributed by atoms with Crippen LogP contribution in [0.4, 0.5) is 4.39 Å². The zero-order valence-electron chi connectivity index (χ0n) is 13.0. The fourth-order valence-corrected chi connectivity index (χ4v) is 2.63. The summed E-state index contributed by atoms with van der Waals surface area (Å²) in [6, 6.07) is 10.0. The SMILES string of the molecule is CCOC(=O)c1cc2cc(F)ccc2n1Cc1cc(C)ccn1. The van der Waals surface area contributed by atoms with Gasteiger partial charge in [0.2, 0.25) is 0 Å². The maximum Gasteiger partial charge on any atom is 0.354 e. The first-order chi connectivity index (χ1) is 11.1. The predicted molar refractivity (Wildman–Crippen MR) is 85.9 cm³/mol. The second-order valence-electron chi connectivity index (χ2n) is 5.36. The molecule has 0 saturated heterocycles. The molecule has 118 valence electrons. The van der Waals surface area contributed by atoms with Crippen LogP contribution in [0.5, 0.6) is 0 Å². The average Bonchev–Trinajstić information content (AvgIpc) is 2.85. The first-order valence-electron chi connectivity index (χ1n) is 7.46. The van der Waals surface area contributed by atoms with Gasteiger partial charge in [0.05, 0.1) is 18.8 Å². The number of rotatable bonds is 4. The summed E-state index contributed by atoms with van der Waals surface area (Å²) in [4.78, 5) is 16.6. The molecule has 0 amide bonds. The van der Waals surface area contributed by atoms with E-state index in [-0.39, 0.29) is 12.4 Å². The first kappa shape index (κ1) is 15.2. The van der Waals surface area contributed by atoms with Crippen LogP contribution in [0.3, 0.4) is 0 Å². The number of carbonyl (C=O) groups is 1. The molecule has 3 rings (SSSR count). The summed E-state index contributed by atoms with van der Waals surface area (Å²) in [6.45, 7) is 4.45. The molecule has 0 aliphatic heterocycles. The highest BCUT2D eigenvalue weighted by atomic mass is 19.1. The van der Waals surface area contributed by atoms with Crippen molar-refractivity contribution in [3.8, 4) is 0 Å². The molecule has 0 aliphatic rings. The Balaban J connectivity index is 2.11. The van der Waals surface area contributed by atoms with E-state index >= 15 is 0 Å². The number of aryl methyl sites for hydroxylation is 1. The molecule has 0 atom stereocenters. The Morgan fingerprint density at radius 3 is 2.83 bits per heavy atom. The van der Waals surface area contributed by atoms with Crippen LogP contribution in [0.1, 0.15) is 28.7 Å². The highest BCUT2D eigenvalue weighted by molar-refractivity contribution is 5.95. The maximum atomic E-state index is 13.5. The third-order valence-corrected chi connectivity index (χ3v) is 3.64. The molecule has 0 bridgehead atoms. The Hall–Kier alpha value is -2.69. The zero-order chi connectivity index (χ0) is 16.4. The summed E-state index contributed by atoms with van der Waals surface area (Å²) in [6.07, 6.45) is 1.74. The smallest absolute Gasteiger partial charge is 0.354 e. The topological polar surface area (TPSA) is 44.1 Å². The van der Waals surface area contributed by atoms with E-state index in [1.54, 1.807) is 25.3 Å². The van der Waals surface area contributed by atoms with Crippen LogP contribution in [-0.2, 0) is 11.3 Å². The van der Waals surface area contributed by atoms with Crippen LogP contribution in [0.25, 0.3) is 10.9 Å². The van der Waals surface area contributed by atoms with Crippen LogP contribution in [0.2, 0.25) is 0 Å². The number of carbonyl (C=O) groups excluding carboxylic acids is 1. The van der Waals surface area contributed by atoms with Crippen molar-refractivity contribution >= 4 is 16.9 Å². The molecule has 4 nitrogen and oxygen atoms in total. The average molecular weight is 312 g/mol. The van der Waals surface area contributed by atoms with Crippen molar-refractivity contribution < 1.29 is 13.9 Å². The molecule has 23 heavy (non-hydrogen) atoms. The standard InChI is InChI=1S/C18H17FN2O2/c1-3-23-18(22)17-10-13-9-14(19)4-5-16(13)21(17)11-15-8-12(2)6-7-20-15/h4-10H,3,11H2,1-2H3. The molecule has 0 saturated carbocycles. The van der Waals surface area contributed by atoms with Crippen LogP contribution in [0.15, 0.2) is 42.6 Å². The van der Waals surface area contributed by atoms with E-state index in [2.05, 4.69) is 4.98 Å². The number of esters is 1. The van der Waals surface area contributed by atoms with Gasteiger partial charge in [0.15, 0.2) is 0 Å². The molecule has 0 fully saturated rings. The van der Waals surface area contributed by atoms with Gasteiger partial charge < -0.3 is 9.30 Å². The van der Waals surface area contributed by atoms with Gasteiger partial charge in [-0.15, -0.1) is 0 Å². The number of aromatic nitrogens is 2. The minimum atomic E-state index is -0.420. The molecule has 0 radical (unpaired) electrons. The van der Waals surface area contributed by atoms with Gasteiger partial charge in [0.25, 0.3) is 0 Å². The fraction of sp³-hybridized carbons (Fsp3) is 0.222. The van der Waals surface area contributed by atoms with E-state index in [4.69, 9.17) is 4.74 Å². The minimum Gasteiger partial charge on any atom is -0.461 e.